The molecule has 4 nitrogen and oxygen atoms in total. The lowest BCUT2D eigenvalue weighted by Crippen LogP contribution is -2.22. The number of ether oxygens (including phenoxy) is 1. The molecule has 0 radical (unpaired) electrons. The zero-order valence-corrected chi connectivity index (χ0v) is 11.5. The Hall–Kier alpha value is -0.980. The van der Waals surface area contributed by atoms with Gasteiger partial charge in [0.25, 0.3) is 0 Å². The highest BCUT2D eigenvalue weighted by Gasteiger charge is 2.20. The molecular formula is C11H16IN3O. The lowest BCUT2D eigenvalue weighted by molar-refractivity contribution is 0.415. The van der Waals surface area contributed by atoms with E-state index in [2.05, 4.69) is 10.3 Å². The minimum atomic E-state index is 0. The number of guanidine groups is 1. The number of benzene rings is 1. The minimum absolute atomic E-state index is 0. The number of hydrogen-bond donors (Lipinski definition) is 2. The van der Waals surface area contributed by atoms with Gasteiger partial charge in [-0.3, -0.25) is 0 Å². The largest absolute Gasteiger partial charge is 0.497 e. The summed E-state index contributed by atoms with van der Waals surface area (Å²) < 4.78 is 5.11. The van der Waals surface area contributed by atoms with Gasteiger partial charge in [0, 0.05) is 11.8 Å². The van der Waals surface area contributed by atoms with E-state index in [-0.39, 0.29) is 24.0 Å². The fourth-order valence-corrected chi connectivity index (χ4v) is 1.28. The van der Waals surface area contributed by atoms with Gasteiger partial charge in [-0.05, 0) is 25.0 Å². The van der Waals surface area contributed by atoms with Crippen molar-refractivity contribution in [2.75, 3.05) is 12.4 Å². The first-order valence-electron chi connectivity index (χ1n) is 5.02. The maximum Gasteiger partial charge on any atom is 0.193 e. The second-order valence-electron chi connectivity index (χ2n) is 3.60. The van der Waals surface area contributed by atoms with E-state index in [1.807, 2.05) is 24.3 Å². The van der Waals surface area contributed by atoms with Crippen molar-refractivity contribution in [3.63, 3.8) is 0 Å². The zero-order chi connectivity index (χ0) is 10.7. The molecule has 2 rings (SSSR count). The van der Waals surface area contributed by atoms with E-state index in [9.17, 15) is 0 Å². The monoisotopic (exact) mass is 333 g/mol. The van der Waals surface area contributed by atoms with Crippen LogP contribution in [-0.2, 0) is 0 Å². The van der Waals surface area contributed by atoms with Gasteiger partial charge >= 0.3 is 0 Å². The zero-order valence-electron chi connectivity index (χ0n) is 9.14. The van der Waals surface area contributed by atoms with Crippen molar-refractivity contribution < 1.29 is 4.74 Å². The summed E-state index contributed by atoms with van der Waals surface area (Å²) in [6.07, 6.45) is 2.31. The molecule has 88 valence electrons. The molecule has 0 heterocycles. The van der Waals surface area contributed by atoms with Gasteiger partial charge < -0.3 is 15.8 Å². The van der Waals surface area contributed by atoms with Gasteiger partial charge in [-0.25, -0.2) is 4.99 Å². The number of aliphatic imine (C=N–C) groups is 1. The first kappa shape index (κ1) is 13.1. The molecule has 16 heavy (non-hydrogen) atoms. The third kappa shape index (κ3) is 3.88. The van der Waals surface area contributed by atoms with Crippen LogP contribution in [0.5, 0.6) is 5.75 Å². The number of methoxy groups -OCH3 is 1. The van der Waals surface area contributed by atoms with Gasteiger partial charge in [0.05, 0.1) is 13.2 Å². The Labute approximate surface area is 112 Å². The predicted molar refractivity (Wildman–Crippen MR) is 76.7 cm³/mol. The Morgan fingerprint density at radius 1 is 1.50 bits per heavy atom. The fourth-order valence-electron chi connectivity index (χ4n) is 1.28. The molecule has 0 aliphatic heterocycles. The molecule has 1 aromatic carbocycles. The highest BCUT2D eigenvalue weighted by atomic mass is 127. The molecule has 0 amide bonds. The standard InChI is InChI=1S/C11H15N3O.HI/c1-15-10-4-2-3-9(7-10)14-11(12)13-8-5-6-8;/h2-4,7-8H,5-6H2,1H3,(H3,12,13,14);1H. The third-order valence-electron chi connectivity index (χ3n) is 2.21. The molecule has 1 fully saturated rings. The van der Waals surface area contributed by atoms with Gasteiger partial charge in [0.1, 0.15) is 5.75 Å². The smallest absolute Gasteiger partial charge is 0.193 e. The maximum atomic E-state index is 5.74. The Bertz CT molecular complexity index is 377. The summed E-state index contributed by atoms with van der Waals surface area (Å²) in [6.45, 7) is 0. The predicted octanol–water partition coefficient (Wildman–Crippen LogP) is 2.20. The number of hydrogen-bond acceptors (Lipinski definition) is 2. The van der Waals surface area contributed by atoms with Crippen LogP contribution in [0.3, 0.4) is 0 Å². The van der Waals surface area contributed by atoms with E-state index >= 15 is 0 Å². The Kier molecular flexibility index (Phi) is 4.85. The van der Waals surface area contributed by atoms with Crippen molar-refractivity contribution in [3.05, 3.63) is 24.3 Å². The van der Waals surface area contributed by atoms with Crippen molar-refractivity contribution in [1.29, 1.82) is 0 Å². The molecule has 3 N–H and O–H groups in total. The summed E-state index contributed by atoms with van der Waals surface area (Å²) in [5, 5.41) is 3.04. The number of nitrogens with one attached hydrogen (secondary N) is 1. The van der Waals surface area contributed by atoms with Gasteiger partial charge in [0.15, 0.2) is 5.96 Å². The van der Waals surface area contributed by atoms with Gasteiger partial charge in [0.2, 0.25) is 0 Å². The summed E-state index contributed by atoms with van der Waals surface area (Å²) in [4.78, 5) is 4.28. The molecule has 0 saturated heterocycles. The van der Waals surface area contributed by atoms with Crippen LogP contribution in [0, 0.1) is 0 Å². The van der Waals surface area contributed by atoms with E-state index in [0.29, 0.717) is 12.0 Å². The molecule has 0 aromatic heterocycles. The topological polar surface area (TPSA) is 59.6 Å². The van der Waals surface area contributed by atoms with Gasteiger partial charge in [-0.15, -0.1) is 24.0 Å². The first-order chi connectivity index (χ1) is 7.28. The molecule has 1 saturated carbocycles. The van der Waals surface area contributed by atoms with Crippen molar-refractivity contribution in [2.24, 2.45) is 10.7 Å². The van der Waals surface area contributed by atoms with Crippen LogP contribution in [0.25, 0.3) is 0 Å². The quantitative estimate of drug-likeness (QED) is 0.507. The Balaban J connectivity index is 0.00000128. The normalized spacial score (nSPS) is 15.2. The van der Waals surface area contributed by atoms with Crippen LogP contribution in [0.1, 0.15) is 12.8 Å². The van der Waals surface area contributed by atoms with Crippen molar-refractivity contribution in [3.8, 4) is 5.75 Å². The summed E-state index contributed by atoms with van der Waals surface area (Å²) in [7, 11) is 1.64. The van der Waals surface area contributed by atoms with E-state index in [0.717, 1.165) is 24.3 Å². The molecule has 0 spiro atoms. The summed E-state index contributed by atoms with van der Waals surface area (Å²) in [5.41, 5.74) is 6.64. The highest BCUT2D eigenvalue weighted by Crippen LogP contribution is 2.23. The molecular weight excluding hydrogens is 317 g/mol. The Morgan fingerprint density at radius 2 is 2.25 bits per heavy atom. The maximum absolute atomic E-state index is 5.74. The first-order valence-corrected chi connectivity index (χ1v) is 5.02. The van der Waals surface area contributed by atoms with Gasteiger partial charge in [-0.1, -0.05) is 6.07 Å². The van der Waals surface area contributed by atoms with Crippen molar-refractivity contribution in [1.82, 2.24) is 0 Å². The molecule has 1 aliphatic rings. The number of halogens is 1. The lowest BCUT2D eigenvalue weighted by atomic mass is 10.3. The summed E-state index contributed by atoms with van der Waals surface area (Å²) in [5.74, 6) is 1.28. The van der Waals surface area contributed by atoms with Crippen molar-refractivity contribution in [2.45, 2.75) is 18.9 Å². The van der Waals surface area contributed by atoms with Crippen LogP contribution in [0.2, 0.25) is 0 Å². The molecule has 0 unspecified atom stereocenters. The molecule has 1 aliphatic carbocycles. The van der Waals surface area contributed by atoms with Crippen LogP contribution >= 0.6 is 24.0 Å². The van der Waals surface area contributed by atoms with E-state index < -0.39 is 0 Å². The number of anilines is 1. The Morgan fingerprint density at radius 3 is 2.88 bits per heavy atom. The molecule has 0 bridgehead atoms. The third-order valence-corrected chi connectivity index (χ3v) is 2.21. The molecule has 1 aromatic rings. The number of nitrogens with two attached hydrogens (primary N) is 1. The van der Waals surface area contributed by atoms with Crippen LogP contribution < -0.4 is 15.8 Å². The van der Waals surface area contributed by atoms with Crippen molar-refractivity contribution >= 4 is 35.6 Å². The average Bonchev–Trinajstić information content (AvgIpc) is 3.02. The van der Waals surface area contributed by atoms with E-state index in [4.69, 9.17) is 10.5 Å². The number of rotatable bonds is 3. The molecule has 0 atom stereocenters. The van der Waals surface area contributed by atoms with Crippen LogP contribution in [0.4, 0.5) is 5.69 Å². The summed E-state index contributed by atoms with van der Waals surface area (Å²) >= 11 is 0. The summed E-state index contributed by atoms with van der Waals surface area (Å²) in [6, 6.07) is 8.04. The SMILES string of the molecule is COc1cccc(NC(N)=NC2CC2)c1.I. The minimum Gasteiger partial charge on any atom is -0.497 e. The number of nitrogens with zero attached hydrogens (tertiary/aromatic N) is 1. The highest BCUT2D eigenvalue weighted by molar-refractivity contribution is 14.0. The van der Waals surface area contributed by atoms with E-state index in [1.54, 1.807) is 7.11 Å². The van der Waals surface area contributed by atoms with E-state index in [1.165, 1.54) is 0 Å². The van der Waals surface area contributed by atoms with Crippen LogP contribution in [-0.4, -0.2) is 19.1 Å². The average molecular weight is 333 g/mol. The lowest BCUT2D eigenvalue weighted by Gasteiger charge is -2.06. The van der Waals surface area contributed by atoms with Gasteiger partial charge in [-0.2, -0.15) is 0 Å². The molecule has 5 heteroatoms. The second-order valence-corrected chi connectivity index (χ2v) is 3.60. The van der Waals surface area contributed by atoms with Crippen LogP contribution in [0.15, 0.2) is 29.3 Å². The second kappa shape index (κ2) is 5.93. The fraction of sp³-hybridized carbons (Fsp3) is 0.364.